The number of ether oxygens (including phenoxy) is 1. The van der Waals surface area contributed by atoms with Gasteiger partial charge < -0.3 is 4.74 Å². The van der Waals surface area contributed by atoms with Crippen LogP contribution in [0.4, 0.5) is 4.39 Å². The van der Waals surface area contributed by atoms with Crippen LogP contribution in [0.5, 0.6) is 11.5 Å². The van der Waals surface area contributed by atoms with Gasteiger partial charge in [-0.2, -0.15) is 0 Å². The first-order valence-corrected chi connectivity index (χ1v) is 7.54. The van der Waals surface area contributed by atoms with E-state index in [0.29, 0.717) is 22.2 Å². The molecule has 0 amide bonds. The van der Waals surface area contributed by atoms with Gasteiger partial charge in [0.2, 0.25) is 0 Å². The third-order valence-corrected chi connectivity index (χ3v) is 3.74. The van der Waals surface area contributed by atoms with Crippen molar-refractivity contribution in [3.05, 3.63) is 58.8 Å². The van der Waals surface area contributed by atoms with Crippen LogP contribution < -0.4 is 4.74 Å². The zero-order valence-electron chi connectivity index (χ0n) is 11.8. The number of thiazole rings is 1. The summed E-state index contributed by atoms with van der Waals surface area (Å²) in [4.78, 5) is 28.0. The minimum absolute atomic E-state index is 0.0789. The second-order valence-electron chi connectivity index (χ2n) is 4.52. The number of carbonyl (C=O) groups excluding carboxylic acids is 1. The molecule has 0 atom stereocenters. The average molecular weight is 330 g/mol. The lowest BCUT2D eigenvalue weighted by atomic mass is 10.2. The monoisotopic (exact) mass is 330 g/mol. The Labute approximate surface area is 135 Å². The molecule has 0 spiro atoms. The maximum absolute atomic E-state index is 12.5. The molecule has 0 N–H and O–H groups in total. The second kappa shape index (κ2) is 7.01. The molecule has 3 heterocycles. The van der Waals surface area contributed by atoms with Crippen molar-refractivity contribution in [3.63, 3.8) is 0 Å². The number of halogens is 1. The van der Waals surface area contributed by atoms with Gasteiger partial charge in [-0.25, -0.2) is 19.3 Å². The summed E-state index contributed by atoms with van der Waals surface area (Å²) in [5.41, 5.74) is 0.600. The van der Waals surface area contributed by atoms with E-state index in [9.17, 15) is 9.18 Å². The quantitative estimate of drug-likeness (QED) is 0.647. The zero-order chi connectivity index (χ0) is 16.1. The van der Waals surface area contributed by atoms with Crippen LogP contribution in [0.3, 0.4) is 0 Å². The van der Waals surface area contributed by atoms with E-state index < -0.39 is 6.67 Å². The summed E-state index contributed by atoms with van der Waals surface area (Å²) in [6.45, 7) is -0.634. The lowest BCUT2D eigenvalue weighted by molar-refractivity contribution is 0.0987. The van der Waals surface area contributed by atoms with E-state index in [0.717, 1.165) is 0 Å². The Morgan fingerprint density at radius 2 is 2.09 bits per heavy atom. The normalized spacial score (nSPS) is 10.5. The summed E-state index contributed by atoms with van der Waals surface area (Å²) in [6, 6.07) is 3.17. The summed E-state index contributed by atoms with van der Waals surface area (Å²) < 4.78 is 18.0. The van der Waals surface area contributed by atoms with E-state index in [1.807, 2.05) is 0 Å². The fourth-order valence-electron chi connectivity index (χ4n) is 1.82. The molecule has 3 aromatic rings. The first kappa shape index (κ1) is 15.2. The SMILES string of the molecule is O=C(Cc1nc(CF)cs1)c1cc(Oc2cncnc2)ccn1. The topological polar surface area (TPSA) is 77.9 Å². The van der Waals surface area contributed by atoms with Crippen LogP contribution in [0.1, 0.15) is 21.2 Å². The van der Waals surface area contributed by atoms with Gasteiger partial charge in [-0.3, -0.25) is 9.78 Å². The minimum Gasteiger partial charge on any atom is -0.454 e. The first-order valence-electron chi connectivity index (χ1n) is 6.66. The lowest BCUT2D eigenvalue weighted by Gasteiger charge is -2.05. The van der Waals surface area contributed by atoms with E-state index in [1.54, 1.807) is 17.5 Å². The smallest absolute Gasteiger partial charge is 0.188 e. The van der Waals surface area contributed by atoms with Gasteiger partial charge in [0.25, 0.3) is 0 Å². The molecule has 0 aliphatic rings. The number of hydrogen-bond acceptors (Lipinski definition) is 7. The predicted molar refractivity (Wildman–Crippen MR) is 81.3 cm³/mol. The number of aromatic nitrogens is 4. The predicted octanol–water partition coefficient (Wildman–Crippen LogP) is 3.02. The number of Topliss-reactive ketones (excluding diaryl/α,β-unsaturated/α-hetero) is 1. The summed E-state index contributed by atoms with van der Waals surface area (Å²) in [5.74, 6) is 0.714. The molecule has 0 bridgehead atoms. The third kappa shape index (κ3) is 3.92. The van der Waals surface area contributed by atoms with Crippen molar-refractivity contribution in [2.45, 2.75) is 13.1 Å². The van der Waals surface area contributed by atoms with Gasteiger partial charge in [0.15, 0.2) is 11.5 Å². The van der Waals surface area contributed by atoms with Crippen molar-refractivity contribution in [3.8, 4) is 11.5 Å². The molecule has 0 aliphatic carbocycles. The summed E-state index contributed by atoms with van der Waals surface area (Å²) >= 11 is 1.26. The zero-order valence-corrected chi connectivity index (χ0v) is 12.7. The largest absolute Gasteiger partial charge is 0.454 e. The molecule has 23 heavy (non-hydrogen) atoms. The molecule has 0 saturated heterocycles. The highest BCUT2D eigenvalue weighted by atomic mass is 32.1. The van der Waals surface area contributed by atoms with Crippen molar-refractivity contribution in [1.82, 2.24) is 19.9 Å². The molecular weight excluding hydrogens is 319 g/mol. The van der Waals surface area contributed by atoms with Crippen LogP contribution >= 0.6 is 11.3 Å². The number of nitrogens with zero attached hydrogens (tertiary/aromatic N) is 4. The number of ketones is 1. The van der Waals surface area contributed by atoms with Gasteiger partial charge in [-0.1, -0.05) is 0 Å². The molecule has 0 saturated carbocycles. The Balaban J connectivity index is 1.72. The minimum atomic E-state index is -0.634. The van der Waals surface area contributed by atoms with Crippen molar-refractivity contribution in [1.29, 1.82) is 0 Å². The van der Waals surface area contributed by atoms with Gasteiger partial charge in [0, 0.05) is 17.6 Å². The molecule has 0 unspecified atom stereocenters. The first-order chi connectivity index (χ1) is 11.2. The van der Waals surface area contributed by atoms with E-state index in [2.05, 4.69) is 19.9 Å². The number of hydrogen-bond donors (Lipinski definition) is 0. The van der Waals surface area contributed by atoms with Crippen molar-refractivity contribution in [2.75, 3.05) is 0 Å². The van der Waals surface area contributed by atoms with Crippen LogP contribution in [0, 0.1) is 0 Å². The van der Waals surface area contributed by atoms with Crippen LogP contribution in [-0.4, -0.2) is 25.7 Å². The van der Waals surface area contributed by atoms with E-state index in [4.69, 9.17) is 4.74 Å². The van der Waals surface area contributed by atoms with E-state index in [1.165, 1.54) is 36.3 Å². The van der Waals surface area contributed by atoms with Gasteiger partial charge in [-0.15, -0.1) is 11.3 Å². The molecular formula is C15H11FN4O2S. The molecule has 3 rings (SSSR count). The summed E-state index contributed by atoms with van der Waals surface area (Å²) in [6.07, 6.45) is 6.00. The van der Waals surface area contributed by atoms with Crippen molar-refractivity contribution in [2.24, 2.45) is 0 Å². The van der Waals surface area contributed by atoms with Gasteiger partial charge in [0.1, 0.15) is 29.5 Å². The Morgan fingerprint density at radius 1 is 1.26 bits per heavy atom. The Hall–Kier alpha value is -2.74. The second-order valence-corrected chi connectivity index (χ2v) is 5.46. The molecule has 0 aliphatic heterocycles. The fraction of sp³-hybridized carbons (Fsp3) is 0.133. The van der Waals surface area contributed by atoms with Crippen LogP contribution in [-0.2, 0) is 13.1 Å². The molecule has 0 radical (unpaired) electrons. The van der Waals surface area contributed by atoms with Crippen LogP contribution in [0.25, 0.3) is 0 Å². The Bertz CT molecular complexity index is 810. The lowest BCUT2D eigenvalue weighted by Crippen LogP contribution is -2.06. The Kier molecular flexibility index (Phi) is 4.62. The summed E-state index contributed by atoms with van der Waals surface area (Å²) in [5, 5.41) is 2.16. The van der Waals surface area contributed by atoms with Gasteiger partial charge >= 0.3 is 0 Å². The van der Waals surface area contributed by atoms with Gasteiger partial charge in [0.05, 0.1) is 24.5 Å². The van der Waals surface area contributed by atoms with Gasteiger partial charge in [-0.05, 0) is 6.07 Å². The molecule has 0 fully saturated rings. The third-order valence-electron chi connectivity index (χ3n) is 2.84. The summed E-state index contributed by atoms with van der Waals surface area (Å²) in [7, 11) is 0. The van der Waals surface area contributed by atoms with E-state index in [-0.39, 0.29) is 17.9 Å². The van der Waals surface area contributed by atoms with Crippen LogP contribution in [0.15, 0.2) is 42.4 Å². The average Bonchev–Trinajstić information content (AvgIpc) is 3.03. The molecule has 0 aromatic carbocycles. The standard InChI is InChI=1S/C15H11FN4O2S/c16-5-10-8-23-15(20-10)4-14(21)13-3-11(1-2-19-13)22-12-6-17-9-18-7-12/h1-3,6-9H,4-5H2. The maximum atomic E-state index is 12.5. The molecule has 116 valence electrons. The number of carbonyl (C=O) groups is 1. The van der Waals surface area contributed by atoms with Crippen molar-refractivity contribution >= 4 is 17.1 Å². The molecule has 3 aromatic heterocycles. The highest BCUT2D eigenvalue weighted by molar-refractivity contribution is 7.09. The number of rotatable bonds is 6. The molecule has 6 nitrogen and oxygen atoms in total. The number of alkyl halides is 1. The Morgan fingerprint density at radius 3 is 2.83 bits per heavy atom. The van der Waals surface area contributed by atoms with Crippen LogP contribution in [0.2, 0.25) is 0 Å². The molecule has 8 heteroatoms. The highest BCUT2D eigenvalue weighted by Gasteiger charge is 2.13. The number of pyridine rings is 1. The fourth-order valence-corrected chi connectivity index (χ4v) is 2.59. The van der Waals surface area contributed by atoms with Crippen molar-refractivity contribution < 1.29 is 13.9 Å². The van der Waals surface area contributed by atoms with E-state index >= 15 is 0 Å². The maximum Gasteiger partial charge on any atom is 0.188 e. The highest BCUT2D eigenvalue weighted by Crippen LogP contribution is 2.20.